The number of nitrogens with zero attached hydrogens (tertiary/aromatic N) is 2. The lowest BCUT2D eigenvalue weighted by Crippen LogP contribution is -1.96. The van der Waals surface area contributed by atoms with Crippen molar-refractivity contribution in [3.05, 3.63) is 70.3 Å². The number of carbonyl (C=O) groups excluding carboxylic acids is 1. The van der Waals surface area contributed by atoms with Gasteiger partial charge in [-0.25, -0.2) is 4.68 Å². The highest BCUT2D eigenvalue weighted by molar-refractivity contribution is 6.33. The molecule has 3 aromatic rings. The van der Waals surface area contributed by atoms with E-state index in [2.05, 4.69) is 5.10 Å². The van der Waals surface area contributed by atoms with E-state index in [0.717, 1.165) is 17.5 Å². The van der Waals surface area contributed by atoms with Gasteiger partial charge in [-0.05, 0) is 24.3 Å². The second-order valence-electron chi connectivity index (χ2n) is 4.43. The summed E-state index contributed by atoms with van der Waals surface area (Å²) in [4.78, 5) is 11.4. The molecule has 0 saturated heterocycles. The van der Waals surface area contributed by atoms with E-state index in [9.17, 15) is 4.79 Å². The van der Waals surface area contributed by atoms with Crippen molar-refractivity contribution in [3.8, 4) is 16.9 Å². The zero-order valence-corrected chi connectivity index (χ0v) is 12.3. The molecule has 1 aromatic heterocycles. The number of hydrogen-bond donors (Lipinski definition) is 0. The van der Waals surface area contributed by atoms with Gasteiger partial charge in [-0.15, -0.1) is 0 Å². The minimum absolute atomic E-state index is 0.283. The molecular formula is C16H10Cl2N2O. The standard InChI is InChI=1S/C16H10Cl2N2O/c17-12-6-8-13(9-7-12)20-16(18)14(10-21)15(19-20)11-4-2-1-3-5-11/h1-10H. The van der Waals surface area contributed by atoms with Gasteiger partial charge in [-0.3, -0.25) is 4.79 Å². The van der Waals surface area contributed by atoms with Crippen LogP contribution in [-0.4, -0.2) is 16.1 Å². The largest absolute Gasteiger partial charge is 0.298 e. The molecule has 21 heavy (non-hydrogen) atoms. The average molecular weight is 317 g/mol. The molecule has 104 valence electrons. The van der Waals surface area contributed by atoms with Crippen LogP contribution in [-0.2, 0) is 0 Å². The summed E-state index contributed by atoms with van der Waals surface area (Å²) in [5.41, 5.74) is 2.52. The molecule has 3 rings (SSSR count). The highest BCUT2D eigenvalue weighted by atomic mass is 35.5. The SMILES string of the molecule is O=Cc1c(-c2ccccc2)nn(-c2ccc(Cl)cc2)c1Cl. The van der Waals surface area contributed by atoms with Crippen molar-refractivity contribution >= 4 is 29.5 Å². The Morgan fingerprint density at radius 2 is 1.62 bits per heavy atom. The van der Waals surface area contributed by atoms with E-state index in [1.165, 1.54) is 4.68 Å². The van der Waals surface area contributed by atoms with Crippen LogP contribution in [0, 0.1) is 0 Å². The van der Waals surface area contributed by atoms with Gasteiger partial charge in [-0.2, -0.15) is 5.10 Å². The monoisotopic (exact) mass is 316 g/mol. The molecule has 0 amide bonds. The Balaban J connectivity index is 2.18. The van der Waals surface area contributed by atoms with Crippen molar-refractivity contribution < 1.29 is 4.79 Å². The smallest absolute Gasteiger partial charge is 0.155 e. The fourth-order valence-corrected chi connectivity index (χ4v) is 2.47. The van der Waals surface area contributed by atoms with Crippen molar-refractivity contribution in [2.24, 2.45) is 0 Å². The Labute approximate surface area is 131 Å². The van der Waals surface area contributed by atoms with Crippen LogP contribution in [0.15, 0.2) is 54.6 Å². The lowest BCUT2D eigenvalue weighted by Gasteiger charge is -2.02. The lowest BCUT2D eigenvalue weighted by atomic mass is 10.1. The van der Waals surface area contributed by atoms with Crippen molar-refractivity contribution in [1.29, 1.82) is 0 Å². The summed E-state index contributed by atoms with van der Waals surface area (Å²) in [6.07, 6.45) is 0.726. The lowest BCUT2D eigenvalue weighted by molar-refractivity contribution is 0.112. The summed E-state index contributed by atoms with van der Waals surface area (Å²) in [6.45, 7) is 0. The predicted molar refractivity (Wildman–Crippen MR) is 84.4 cm³/mol. The third-order valence-electron chi connectivity index (χ3n) is 3.10. The molecule has 0 fully saturated rings. The van der Waals surface area contributed by atoms with Crippen LogP contribution in [0.3, 0.4) is 0 Å². The van der Waals surface area contributed by atoms with Gasteiger partial charge < -0.3 is 0 Å². The number of hydrogen-bond acceptors (Lipinski definition) is 2. The first-order chi connectivity index (χ1) is 10.2. The number of halogens is 2. The van der Waals surface area contributed by atoms with Gasteiger partial charge in [0, 0.05) is 10.6 Å². The van der Waals surface area contributed by atoms with Crippen LogP contribution in [0.5, 0.6) is 0 Å². The topological polar surface area (TPSA) is 34.9 Å². The summed E-state index contributed by atoms with van der Waals surface area (Å²) in [6, 6.07) is 16.5. The maximum Gasteiger partial charge on any atom is 0.155 e. The van der Waals surface area contributed by atoms with Crippen LogP contribution in [0.1, 0.15) is 10.4 Å². The Morgan fingerprint density at radius 1 is 0.952 bits per heavy atom. The molecule has 3 nitrogen and oxygen atoms in total. The maximum atomic E-state index is 11.4. The van der Waals surface area contributed by atoms with E-state index in [4.69, 9.17) is 23.2 Å². The molecule has 5 heteroatoms. The molecule has 0 atom stereocenters. The predicted octanol–water partition coefficient (Wildman–Crippen LogP) is 4.66. The highest BCUT2D eigenvalue weighted by Gasteiger charge is 2.18. The van der Waals surface area contributed by atoms with Crippen molar-refractivity contribution in [2.75, 3.05) is 0 Å². The Hall–Kier alpha value is -2.10. The molecular weight excluding hydrogens is 307 g/mol. The van der Waals surface area contributed by atoms with Gasteiger partial charge in [0.1, 0.15) is 10.8 Å². The highest BCUT2D eigenvalue weighted by Crippen LogP contribution is 2.29. The summed E-state index contributed by atoms with van der Waals surface area (Å²) in [7, 11) is 0. The van der Waals surface area contributed by atoms with Crippen LogP contribution < -0.4 is 0 Å². The number of carbonyl (C=O) groups is 1. The summed E-state index contributed by atoms with van der Waals surface area (Å²) in [5.74, 6) is 0. The van der Waals surface area contributed by atoms with Crippen molar-refractivity contribution in [2.45, 2.75) is 0 Å². The second-order valence-corrected chi connectivity index (χ2v) is 5.22. The number of aldehydes is 1. The zero-order valence-electron chi connectivity index (χ0n) is 10.8. The third kappa shape index (κ3) is 2.58. The third-order valence-corrected chi connectivity index (χ3v) is 3.72. The molecule has 0 aliphatic carbocycles. The fraction of sp³-hybridized carbons (Fsp3) is 0. The zero-order chi connectivity index (χ0) is 14.8. The molecule has 0 bridgehead atoms. The Kier molecular flexibility index (Phi) is 3.78. The minimum Gasteiger partial charge on any atom is -0.298 e. The van der Waals surface area contributed by atoms with Gasteiger partial charge >= 0.3 is 0 Å². The van der Waals surface area contributed by atoms with Crippen molar-refractivity contribution in [3.63, 3.8) is 0 Å². The summed E-state index contributed by atoms with van der Waals surface area (Å²) >= 11 is 12.2. The van der Waals surface area contributed by atoms with E-state index in [1.54, 1.807) is 24.3 Å². The van der Waals surface area contributed by atoms with Crippen LogP contribution in [0.2, 0.25) is 10.2 Å². The van der Waals surface area contributed by atoms with Gasteiger partial charge in [0.05, 0.1) is 11.3 Å². The van der Waals surface area contributed by atoms with Gasteiger partial charge in [0.2, 0.25) is 0 Å². The quantitative estimate of drug-likeness (QED) is 0.659. The fourth-order valence-electron chi connectivity index (χ4n) is 2.08. The molecule has 0 spiro atoms. The molecule has 0 aliphatic rings. The first-order valence-corrected chi connectivity index (χ1v) is 7.01. The van der Waals surface area contributed by atoms with Crippen LogP contribution in [0.4, 0.5) is 0 Å². The minimum atomic E-state index is 0.283. The average Bonchev–Trinajstić information content (AvgIpc) is 2.86. The number of aromatic nitrogens is 2. The van der Waals surface area contributed by atoms with E-state index < -0.39 is 0 Å². The second kappa shape index (κ2) is 5.72. The molecule has 0 N–H and O–H groups in total. The molecule has 0 aliphatic heterocycles. The summed E-state index contributed by atoms with van der Waals surface area (Å²) in [5, 5.41) is 5.37. The number of rotatable bonds is 3. The van der Waals surface area contributed by atoms with Crippen molar-refractivity contribution in [1.82, 2.24) is 9.78 Å². The molecule has 1 heterocycles. The Bertz CT molecular complexity index is 780. The van der Waals surface area contributed by atoms with Crippen LogP contribution >= 0.6 is 23.2 Å². The van der Waals surface area contributed by atoms with E-state index in [0.29, 0.717) is 16.3 Å². The summed E-state index contributed by atoms with van der Waals surface area (Å²) < 4.78 is 1.53. The van der Waals surface area contributed by atoms with Gasteiger partial charge in [0.15, 0.2) is 6.29 Å². The first kappa shape index (κ1) is 13.9. The van der Waals surface area contributed by atoms with Crippen LogP contribution in [0.25, 0.3) is 16.9 Å². The normalized spacial score (nSPS) is 10.6. The Morgan fingerprint density at radius 3 is 2.24 bits per heavy atom. The molecule has 0 saturated carbocycles. The molecule has 0 radical (unpaired) electrons. The first-order valence-electron chi connectivity index (χ1n) is 6.26. The van der Waals surface area contributed by atoms with E-state index >= 15 is 0 Å². The van der Waals surface area contributed by atoms with Gasteiger partial charge in [-0.1, -0.05) is 53.5 Å². The maximum absolute atomic E-state index is 11.4. The molecule has 2 aromatic carbocycles. The van der Waals surface area contributed by atoms with Gasteiger partial charge in [0.25, 0.3) is 0 Å². The van der Waals surface area contributed by atoms with E-state index in [1.807, 2.05) is 30.3 Å². The number of benzene rings is 2. The molecule has 0 unspecified atom stereocenters. The van der Waals surface area contributed by atoms with E-state index in [-0.39, 0.29) is 5.15 Å².